The molecular weight excluding hydrogens is 346 g/mol. The average Bonchev–Trinajstić information content (AvgIpc) is 3.11. The minimum atomic E-state index is -0.376. The van der Waals surface area contributed by atoms with Gasteiger partial charge in [0.05, 0.1) is 19.2 Å². The SMILES string of the molecule is COC(=O)CCNC(=O)c1ccn2cc(-c3ccc(C(=N)N)cc3)nc2c1. The number of nitrogens with zero attached hydrogens (tertiary/aromatic N) is 2. The first-order chi connectivity index (χ1) is 13.0. The lowest BCUT2D eigenvalue weighted by Crippen LogP contribution is -2.26. The van der Waals surface area contributed by atoms with Crippen molar-refractivity contribution in [3.63, 3.8) is 0 Å². The predicted molar refractivity (Wildman–Crippen MR) is 101 cm³/mol. The Morgan fingerprint density at radius 2 is 1.96 bits per heavy atom. The fraction of sp³-hybridized carbons (Fsp3) is 0.158. The highest BCUT2D eigenvalue weighted by Gasteiger charge is 2.10. The monoisotopic (exact) mass is 365 g/mol. The lowest BCUT2D eigenvalue weighted by atomic mass is 10.1. The van der Waals surface area contributed by atoms with E-state index in [1.807, 2.05) is 22.7 Å². The molecule has 1 amide bonds. The number of pyridine rings is 1. The molecule has 0 atom stereocenters. The number of esters is 1. The molecule has 0 spiro atoms. The van der Waals surface area contributed by atoms with Crippen LogP contribution in [0, 0.1) is 5.41 Å². The van der Waals surface area contributed by atoms with Gasteiger partial charge in [0.25, 0.3) is 5.91 Å². The molecule has 138 valence electrons. The Balaban J connectivity index is 1.77. The number of nitrogen functional groups attached to an aromatic ring is 1. The summed E-state index contributed by atoms with van der Waals surface area (Å²) in [6, 6.07) is 10.6. The summed E-state index contributed by atoms with van der Waals surface area (Å²) >= 11 is 0. The van der Waals surface area contributed by atoms with Crippen molar-refractivity contribution in [2.24, 2.45) is 5.73 Å². The Morgan fingerprint density at radius 1 is 1.22 bits per heavy atom. The van der Waals surface area contributed by atoms with E-state index < -0.39 is 0 Å². The van der Waals surface area contributed by atoms with Crippen LogP contribution in [-0.2, 0) is 9.53 Å². The zero-order chi connectivity index (χ0) is 19.4. The lowest BCUT2D eigenvalue weighted by molar-refractivity contribution is -0.140. The fourth-order valence-electron chi connectivity index (χ4n) is 2.56. The van der Waals surface area contributed by atoms with Crippen molar-refractivity contribution < 1.29 is 14.3 Å². The van der Waals surface area contributed by atoms with Gasteiger partial charge in [-0.1, -0.05) is 24.3 Å². The van der Waals surface area contributed by atoms with Crippen LogP contribution in [0.1, 0.15) is 22.3 Å². The second kappa shape index (κ2) is 7.69. The number of carbonyl (C=O) groups is 2. The summed E-state index contributed by atoms with van der Waals surface area (Å²) in [6.07, 6.45) is 3.73. The van der Waals surface area contributed by atoms with Crippen LogP contribution in [0.15, 0.2) is 48.8 Å². The van der Waals surface area contributed by atoms with E-state index in [0.717, 1.165) is 11.3 Å². The van der Waals surface area contributed by atoms with Gasteiger partial charge >= 0.3 is 5.97 Å². The second-order valence-corrected chi connectivity index (χ2v) is 5.88. The van der Waals surface area contributed by atoms with Crippen LogP contribution in [0.3, 0.4) is 0 Å². The first-order valence-corrected chi connectivity index (χ1v) is 8.26. The average molecular weight is 365 g/mol. The maximum Gasteiger partial charge on any atom is 0.307 e. The van der Waals surface area contributed by atoms with Gasteiger partial charge in [-0.05, 0) is 12.1 Å². The molecule has 4 N–H and O–H groups in total. The number of nitrogens with two attached hydrogens (primary N) is 1. The molecule has 8 nitrogen and oxygen atoms in total. The fourth-order valence-corrected chi connectivity index (χ4v) is 2.56. The van der Waals surface area contributed by atoms with Crippen molar-refractivity contribution in [1.29, 1.82) is 5.41 Å². The number of rotatable bonds is 6. The van der Waals surface area contributed by atoms with Crippen LogP contribution >= 0.6 is 0 Å². The van der Waals surface area contributed by atoms with Gasteiger partial charge in [0, 0.05) is 35.6 Å². The van der Waals surface area contributed by atoms with Crippen molar-refractivity contribution in [3.8, 4) is 11.3 Å². The molecule has 0 unspecified atom stereocenters. The van der Waals surface area contributed by atoms with Gasteiger partial charge in [0.1, 0.15) is 11.5 Å². The number of hydrogen-bond acceptors (Lipinski definition) is 5. The maximum absolute atomic E-state index is 12.2. The minimum absolute atomic E-state index is 0.0133. The molecule has 2 heterocycles. The number of nitrogens with one attached hydrogen (secondary N) is 2. The number of methoxy groups -OCH3 is 1. The van der Waals surface area contributed by atoms with E-state index in [1.165, 1.54) is 7.11 Å². The molecule has 2 aromatic heterocycles. The van der Waals surface area contributed by atoms with Gasteiger partial charge in [0.2, 0.25) is 0 Å². The second-order valence-electron chi connectivity index (χ2n) is 5.88. The summed E-state index contributed by atoms with van der Waals surface area (Å²) in [6.45, 7) is 0.207. The summed E-state index contributed by atoms with van der Waals surface area (Å²) in [7, 11) is 1.31. The lowest BCUT2D eigenvalue weighted by Gasteiger charge is -2.04. The largest absolute Gasteiger partial charge is 0.469 e. The Hall–Kier alpha value is -3.68. The number of fused-ring (bicyclic) bond motifs is 1. The number of amidine groups is 1. The van der Waals surface area contributed by atoms with Crippen molar-refractivity contribution in [2.75, 3.05) is 13.7 Å². The van der Waals surface area contributed by atoms with Crippen LogP contribution in [0.25, 0.3) is 16.9 Å². The van der Waals surface area contributed by atoms with Crippen molar-refractivity contribution in [2.45, 2.75) is 6.42 Å². The number of ether oxygens (including phenoxy) is 1. The van der Waals surface area contributed by atoms with E-state index in [9.17, 15) is 9.59 Å². The molecule has 0 fully saturated rings. The van der Waals surface area contributed by atoms with E-state index in [4.69, 9.17) is 11.1 Å². The molecule has 1 aromatic carbocycles. The van der Waals surface area contributed by atoms with E-state index in [-0.39, 0.29) is 30.7 Å². The predicted octanol–water partition coefficient (Wildman–Crippen LogP) is 1.58. The summed E-state index contributed by atoms with van der Waals surface area (Å²) in [5.41, 5.74) is 8.82. The zero-order valence-corrected chi connectivity index (χ0v) is 14.7. The Bertz CT molecular complexity index is 1010. The van der Waals surface area contributed by atoms with Gasteiger partial charge < -0.3 is 20.2 Å². The first kappa shape index (κ1) is 18.1. The molecule has 0 aliphatic rings. The van der Waals surface area contributed by atoms with Crippen LogP contribution < -0.4 is 11.1 Å². The van der Waals surface area contributed by atoms with Crippen LogP contribution in [-0.4, -0.2) is 40.8 Å². The number of benzene rings is 1. The highest BCUT2D eigenvalue weighted by Crippen LogP contribution is 2.20. The molecule has 27 heavy (non-hydrogen) atoms. The molecule has 0 radical (unpaired) electrons. The minimum Gasteiger partial charge on any atom is -0.469 e. The van der Waals surface area contributed by atoms with Crippen molar-refractivity contribution in [3.05, 3.63) is 59.9 Å². The molecule has 8 heteroatoms. The van der Waals surface area contributed by atoms with Crippen molar-refractivity contribution >= 4 is 23.4 Å². The Morgan fingerprint density at radius 3 is 2.63 bits per heavy atom. The van der Waals surface area contributed by atoms with Gasteiger partial charge in [-0.2, -0.15) is 0 Å². The number of carbonyl (C=O) groups excluding carboxylic acids is 2. The van der Waals surface area contributed by atoms with Crippen LogP contribution in [0.5, 0.6) is 0 Å². The summed E-state index contributed by atoms with van der Waals surface area (Å²) < 4.78 is 6.36. The third kappa shape index (κ3) is 4.12. The third-order valence-corrected chi connectivity index (χ3v) is 4.06. The van der Waals surface area contributed by atoms with Gasteiger partial charge in [0.15, 0.2) is 0 Å². The Kier molecular flexibility index (Phi) is 5.16. The zero-order valence-electron chi connectivity index (χ0n) is 14.7. The Labute approximate surface area is 155 Å². The standard InChI is InChI=1S/C19H19N5O3/c1-27-17(25)6-8-22-19(26)14-7-9-24-11-15(23-16(24)10-14)12-2-4-13(5-3-12)18(20)21/h2-5,7,9-11H,6,8H2,1H3,(H3,20,21)(H,22,26). The summed E-state index contributed by atoms with van der Waals surface area (Å²) in [5.74, 6) is -0.643. The topological polar surface area (TPSA) is 123 Å². The number of aromatic nitrogens is 2. The van der Waals surface area contributed by atoms with Gasteiger partial charge in [-0.15, -0.1) is 0 Å². The number of hydrogen-bond donors (Lipinski definition) is 3. The van der Waals surface area contributed by atoms with E-state index in [1.54, 1.807) is 30.5 Å². The number of imidazole rings is 1. The number of amides is 1. The van der Waals surface area contributed by atoms with Gasteiger partial charge in [-0.3, -0.25) is 15.0 Å². The van der Waals surface area contributed by atoms with Crippen molar-refractivity contribution in [1.82, 2.24) is 14.7 Å². The van der Waals surface area contributed by atoms with Gasteiger partial charge in [-0.25, -0.2) is 4.98 Å². The third-order valence-electron chi connectivity index (χ3n) is 4.06. The molecular formula is C19H19N5O3. The first-order valence-electron chi connectivity index (χ1n) is 8.26. The normalized spacial score (nSPS) is 10.6. The van der Waals surface area contributed by atoms with E-state index >= 15 is 0 Å². The van der Waals surface area contributed by atoms with E-state index in [2.05, 4.69) is 15.0 Å². The smallest absolute Gasteiger partial charge is 0.307 e. The van der Waals surface area contributed by atoms with Crippen LogP contribution in [0.4, 0.5) is 0 Å². The quantitative estimate of drug-likeness (QED) is 0.348. The molecule has 0 bridgehead atoms. The molecule has 0 saturated heterocycles. The van der Waals surface area contributed by atoms with E-state index in [0.29, 0.717) is 16.8 Å². The summed E-state index contributed by atoms with van der Waals surface area (Å²) in [5, 5.41) is 10.1. The van der Waals surface area contributed by atoms with Crippen LogP contribution in [0.2, 0.25) is 0 Å². The molecule has 0 saturated carbocycles. The maximum atomic E-state index is 12.2. The molecule has 0 aliphatic heterocycles. The summed E-state index contributed by atoms with van der Waals surface area (Å²) in [4.78, 5) is 27.8. The highest BCUT2D eigenvalue weighted by atomic mass is 16.5. The molecule has 0 aliphatic carbocycles. The molecule has 3 rings (SSSR count). The molecule has 3 aromatic rings. The highest BCUT2D eigenvalue weighted by molar-refractivity contribution is 5.96.